The number of benzene rings is 2. The molecule has 0 bridgehead atoms. The fourth-order valence-corrected chi connectivity index (χ4v) is 4.76. The standard InChI is InChI=1S/C20H21N3O3S/c1-15-8-10-16(11-9-15)19-21-22-20(26-19)17-6-5-7-18(14-17)27(24,25)23-12-3-2-4-13-23/h5-11,14H,2-4,12-13H2,1H3. The van der Waals surface area contributed by atoms with E-state index in [2.05, 4.69) is 10.2 Å². The molecule has 0 saturated carbocycles. The van der Waals surface area contributed by atoms with Crippen molar-refractivity contribution in [2.45, 2.75) is 31.1 Å². The smallest absolute Gasteiger partial charge is 0.248 e. The van der Waals surface area contributed by atoms with E-state index in [1.54, 1.807) is 28.6 Å². The first-order chi connectivity index (χ1) is 13.0. The SMILES string of the molecule is Cc1ccc(-c2nnc(-c3cccc(S(=O)(=O)N4CCCCC4)c3)o2)cc1. The number of rotatable bonds is 4. The third-order valence-electron chi connectivity index (χ3n) is 4.76. The first kappa shape index (κ1) is 17.9. The minimum absolute atomic E-state index is 0.261. The third-order valence-corrected chi connectivity index (χ3v) is 6.65. The fourth-order valence-electron chi connectivity index (χ4n) is 3.20. The maximum absolute atomic E-state index is 12.9. The Hall–Kier alpha value is -2.51. The van der Waals surface area contributed by atoms with Gasteiger partial charge in [-0.3, -0.25) is 0 Å². The van der Waals surface area contributed by atoms with Crippen molar-refractivity contribution in [2.75, 3.05) is 13.1 Å². The second kappa shape index (κ2) is 7.25. The number of piperidine rings is 1. The largest absolute Gasteiger partial charge is 0.416 e. The molecule has 6 nitrogen and oxygen atoms in total. The van der Waals surface area contributed by atoms with Gasteiger partial charge in [0.1, 0.15) is 0 Å². The molecule has 0 N–H and O–H groups in total. The molecule has 1 saturated heterocycles. The summed E-state index contributed by atoms with van der Waals surface area (Å²) in [6.45, 7) is 3.16. The number of hydrogen-bond donors (Lipinski definition) is 0. The predicted octanol–water partition coefficient (Wildman–Crippen LogP) is 3.89. The summed E-state index contributed by atoms with van der Waals surface area (Å²) in [5.41, 5.74) is 2.57. The van der Waals surface area contributed by atoms with Gasteiger partial charge in [-0.05, 0) is 50.1 Å². The van der Waals surface area contributed by atoms with Gasteiger partial charge in [-0.2, -0.15) is 4.31 Å². The lowest BCUT2D eigenvalue weighted by Crippen LogP contribution is -2.35. The van der Waals surface area contributed by atoms with Gasteiger partial charge >= 0.3 is 0 Å². The average Bonchev–Trinajstić information content (AvgIpc) is 3.20. The van der Waals surface area contributed by atoms with E-state index in [9.17, 15) is 8.42 Å². The van der Waals surface area contributed by atoms with Gasteiger partial charge in [0.05, 0.1) is 4.90 Å². The van der Waals surface area contributed by atoms with Crippen molar-refractivity contribution in [1.29, 1.82) is 0 Å². The maximum Gasteiger partial charge on any atom is 0.248 e. The molecule has 0 radical (unpaired) electrons. The lowest BCUT2D eigenvalue weighted by molar-refractivity contribution is 0.346. The number of sulfonamides is 1. The normalized spacial score (nSPS) is 15.7. The molecule has 7 heteroatoms. The van der Waals surface area contributed by atoms with Gasteiger partial charge in [0.15, 0.2) is 0 Å². The summed E-state index contributed by atoms with van der Waals surface area (Å²) < 4.78 is 33.1. The number of aryl methyl sites for hydroxylation is 1. The summed E-state index contributed by atoms with van der Waals surface area (Å²) in [5.74, 6) is 0.718. The van der Waals surface area contributed by atoms with Gasteiger partial charge in [0, 0.05) is 24.2 Å². The zero-order chi connectivity index (χ0) is 18.9. The molecule has 0 unspecified atom stereocenters. The second-order valence-corrected chi connectivity index (χ2v) is 8.71. The average molecular weight is 383 g/mol. The van der Waals surface area contributed by atoms with Crippen LogP contribution in [0.2, 0.25) is 0 Å². The zero-order valence-corrected chi connectivity index (χ0v) is 15.9. The molecule has 3 aromatic rings. The Morgan fingerprint density at radius 1 is 0.889 bits per heavy atom. The highest BCUT2D eigenvalue weighted by Crippen LogP contribution is 2.27. The molecule has 140 valence electrons. The molecular weight excluding hydrogens is 362 g/mol. The van der Waals surface area contributed by atoms with Gasteiger partial charge in [-0.1, -0.05) is 30.2 Å². The maximum atomic E-state index is 12.9. The summed E-state index contributed by atoms with van der Waals surface area (Å²) >= 11 is 0. The Morgan fingerprint density at radius 3 is 2.26 bits per heavy atom. The number of hydrogen-bond acceptors (Lipinski definition) is 5. The molecule has 1 aliphatic rings. The van der Waals surface area contributed by atoms with Crippen LogP contribution in [-0.4, -0.2) is 36.0 Å². The molecule has 1 fully saturated rings. The van der Waals surface area contributed by atoms with E-state index >= 15 is 0 Å². The molecule has 2 heterocycles. The number of nitrogens with zero attached hydrogens (tertiary/aromatic N) is 3. The van der Waals surface area contributed by atoms with Crippen LogP contribution in [0.1, 0.15) is 24.8 Å². The van der Waals surface area contributed by atoms with Crippen LogP contribution in [0.25, 0.3) is 22.9 Å². The quantitative estimate of drug-likeness (QED) is 0.683. The van der Waals surface area contributed by atoms with E-state index in [-0.39, 0.29) is 4.90 Å². The highest BCUT2D eigenvalue weighted by molar-refractivity contribution is 7.89. The van der Waals surface area contributed by atoms with Gasteiger partial charge in [0.25, 0.3) is 0 Å². The molecule has 1 aliphatic heterocycles. The zero-order valence-electron chi connectivity index (χ0n) is 15.1. The lowest BCUT2D eigenvalue weighted by atomic mass is 10.1. The summed E-state index contributed by atoms with van der Waals surface area (Å²) in [4.78, 5) is 0.261. The van der Waals surface area contributed by atoms with E-state index in [0.717, 1.165) is 30.4 Å². The van der Waals surface area contributed by atoms with Gasteiger partial charge in [0.2, 0.25) is 21.8 Å². The van der Waals surface area contributed by atoms with Crippen molar-refractivity contribution >= 4 is 10.0 Å². The highest BCUT2D eigenvalue weighted by Gasteiger charge is 2.26. The van der Waals surface area contributed by atoms with Gasteiger partial charge in [-0.15, -0.1) is 10.2 Å². The Labute approximate surface area is 158 Å². The van der Waals surface area contributed by atoms with Crippen LogP contribution in [0.4, 0.5) is 0 Å². The van der Waals surface area contributed by atoms with Crippen LogP contribution in [0.5, 0.6) is 0 Å². The second-order valence-electron chi connectivity index (χ2n) is 6.77. The van der Waals surface area contributed by atoms with Gasteiger partial charge < -0.3 is 4.42 Å². The number of aromatic nitrogens is 2. The van der Waals surface area contributed by atoms with E-state index in [0.29, 0.717) is 30.4 Å². The molecular formula is C20H21N3O3S. The summed E-state index contributed by atoms with van der Waals surface area (Å²) in [6, 6.07) is 14.5. The Bertz CT molecular complexity index is 1040. The van der Waals surface area contributed by atoms with Crippen LogP contribution >= 0.6 is 0 Å². The first-order valence-electron chi connectivity index (χ1n) is 9.05. The minimum Gasteiger partial charge on any atom is -0.416 e. The monoisotopic (exact) mass is 383 g/mol. The molecule has 1 aromatic heterocycles. The van der Waals surface area contributed by atoms with E-state index in [4.69, 9.17) is 4.42 Å². The highest BCUT2D eigenvalue weighted by atomic mass is 32.2. The van der Waals surface area contributed by atoms with Crippen molar-refractivity contribution in [3.05, 3.63) is 54.1 Å². The Balaban J connectivity index is 1.64. The summed E-state index contributed by atoms with van der Waals surface area (Å²) in [6.07, 6.45) is 2.89. The first-order valence-corrected chi connectivity index (χ1v) is 10.5. The minimum atomic E-state index is -3.50. The van der Waals surface area contributed by atoms with Gasteiger partial charge in [-0.25, -0.2) is 8.42 Å². The van der Waals surface area contributed by atoms with Crippen LogP contribution in [0.3, 0.4) is 0 Å². The van der Waals surface area contributed by atoms with Crippen molar-refractivity contribution in [1.82, 2.24) is 14.5 Å². The van der Waals surface area contributed by atoms with E-state index in [1.165, 1.54) is 0 Å². The summed E-state index contributed by atoms with van der Waals surface area (Å²) in [5, 5.41) is 8.19. The Morgan fingerprint density at radius 2 is 1.56 bits per heavy atom. The molecule has 0 amide bonds. The third kappa shape index (κ3) is 3.65. The van der Waals surface area contributed by atoms with Crippen LogP contribution in [0.15, 0.2) is 57.8 Å². The van der Waals surface area contributed by atoms with E-state index < -0.39 is 10.0 Å². The van der Waals surface area contributed by atoms with Crippen molar-refractivity contribution in [3.63, 3.8) is 0 Å². The van der Waals surface area contributed by atoms with Crippen LogP contribution in [0, 0.1) is 6.92 Å². The topological polar surface area (TPSA) is 76.3 Å². The van der Waals surface area contributed by atoms with Crippen molar-refractivity contribution < 1.29 is 12.8 Å². The van der Waals surface area contributed by atoms with E-state index in [1.807, 2.05) is 31.2 Å². The molecule has 0 spiro atoms. The summed E-state index contributed by atoms with van der Waals surface area (Å²) in [7, 11) is -3.50. The molecule has 4 rings (SSSR count). The molecule has 0 atom stereocenters. The molecule has 2 aromatic carbocycles. The molecule has 27 heavy (non-hydrogen) atoms. The lowest BCUT2D eigenvalue weighted by Gasteiger charge is -2.25. The fraction of sp³-hybridized carbons (Fsp3) is 0.300. The van der Waals surface area contributed by atoms with Crippen LogP contribution < -0.4 is 0 Å². The molecule has 0 aliphatic carbocycles. The van der Waals surface area contributed by atoms with Crippen molar-refractivity contribution in [2.24, 2.45) is 0 Å². The van der Waals surface area contributed by atoms with Crippen molar-refractivity contribution in [3.8, 4) is 22.9 Å². The Kier molecular flexibility index (Phi) is 4.80. The predicted molar refractivity (Wildman–Crippen MR) is 103 cm³/mol. The van der Waals surface area contributed by atoms with Crippen LogP contribution in [-0.2, 0) is 10.0 Å².